The monoisotopic (exact) mass is 139 g/mol. The average molecular weight is 139 g/mol. The van der Waals surface area contributed by atoms with Gasteiger partial charge in [-0.2, -0.15) is 0 Å². The summed E-state index contributed by atoms with van der Waals surface area (Å²) in [6.07, 6.45) is 5.79. The molecule has 10 heavy (non-hydrogen) atoms. The lowest BCUT2D eigenvalue weighted by atomic mass is 9.84. The molecule has 1 saturated carbocycles. The third-order valence-corrected chi connectivity index (χ3v) is 2.96. The van der Waals surface area contributed by atoms with Gasteiger partial charge < -0.3 is 5.32 Å². The van der Waals surface area contributed by atoms with Crippen LogP contribution in [0.2, 0.25) is 0 Å². The average Bonchev–Trinajstić information content (AvgIpc) is 2.64. The van der Waals surface area contributed by atoms with Gasteiger partial charge >= 0.3 is 0 Å². The number of hydrogen-bond acceptors (Lipinski definition) is 1. The highest BCUT2D eigenvalue weighted by atomic mass is 15.0. The molecule has 0 spiro atoms. The molecule has 0 bridgehead atoms. The van der Waals surface area contributed by atoms with Gasteiger partial charge in [-0.15, -0.1) is 0 Å². The van der Waals surface area contributed by atoms with Gasteiger partial charge in [-0.1, -0.05) is 13.3 Å². The Hall–Kier alpha value is -0.0400. The van der Waals surface area contributed by atoms with Crippen LogP contribution in [-0.4, -0.2) is 12.6 Å². The first-order chi connectivity index (χ1) is 4.92. The zero-order valence-electron chi connectivity index (χ0n) is 6.77. The van der Waals surface area contributed by atoms with Crippen LogP contribution < -0.4 is 5.32 Å². The van der Waals surface area contributed by atoms with E-state index >= 15 is 0 Å². The summed E-state index contributed by atoms with van der Waals surface area (Å²) in [6.45, 7) is 3.60. The van der Waals surface area contributed by atoms with Crippen LogP contribution in [0.4, 0.5) is 0 Å². The molecule has 0 aromatic carbocycles. The van der Waals surface area contributed by atoms with Crippen molar-refractivity contribution in [2.24, 2.45) is 11.8 Å². The Morgan fingerprint density at radius 1 is 1.40 bits per heavy atom. The van der Waals surface area contributed by atoms with Crippen LogP contribution in [0.3, 0.4) is 0 Å². The highest BCUT2D eigenvalue weighted by molar-refractivity contribution is 4.96. The van der Waals surface area contributed by atoms with E-state index in [4.69, 9.17) is 0 Å². The molecule has 1 aliphatic carbocycles. The van der Waals surface area contributed by atoms with E-state index in [1.165, 1.54) is 32.2 Å². The Morgan fingerprint density at radius 2 is 2.20 bits per heavy atom. The Morgan fingerprint density at radius 3 is 2.60 bits per heavy atom. The summed E-state index contributed by atoms with van der Waals surface area (Å²) >= 11 is 0. The summed E-state index contributed by atoms with van der Waals surface area (Å²) in [5, 5.41) is 3.52. The summed E-state index contributed by atoms with van der Waals surface area (Å²) in [7, 11) is 0. The number of nitrogens with one attached hydrogen (secondary N) is 1. The van der Waals surface area contributed by atoms with Crippen LogP contribution in [0.15, 0.2) is 0 Å². The Kier molecular flexibility index (Phi) is 1.69. The molecule has 58 valence electrons. The lowest BCUT2D eigenvalue weighted by Crippen LogP contribution is -2.53. The molecule has 0 amide bonds. The third kappa shape index (κ3) is 1.07. The van der Waals surface area contributed by atoms with E-state index in [1.54, 1.807) is 0 Å². The summed E-state index contributed by atoms with van der Waals surface area (Å²) in [5.74, 6) is 2.19. The molecule has 0 aromatic rings. The van der Waals surface area contributed by atoms with Gasteiger partial charge in [0, 0.05) is 6.04 Å². The minimum absolute atomic E-state index is 0.900. The van der Waals surface area contributed by atoms with Crippen LogP contribution in [0, 0.1) is 11.8 Å². The van der Waals surface area contributed by atoms with Crippen LogP contribution in [0.5, 0.6) is 0 Å². The summed E-state index contributed by atoms with van der Waals surface area (Å²) in [4.78, 5) is 0. The molecule has 1 aliphatic heterocycles. The van der Waals surface area contributed by atoms with Crippen molar-refractivity contribution in [3.8, 4) is 0 Å². The molecule has 1 saturated heterocycles. The van der Waals surface area contributed by atoms with Gasteiger partial charge in [0.25, 0.3) is 0 Å². The number of rotatable bonds is 3. The summed E-state index contributed by atoms with van der Waals surface area (Å²) in [5.41, 5.74) is 0. The SMILES string of the molecule is CCCC1NCC1C1CC1. The molecule has 1 nitrogen and oxygen atoms in total. The van der Waals surface area contributed by atoms with Crippen molar-refractivity contribution in [1.82, 2.24) is 5.32 Å². The van der Waals surface area contributed by atoms with E-state index in [9.17, 15) is 0 Å². The lowest BCUT2D eigenvalue weighted by molar-refractivity contribution is 0.192. The molecular weight excluding hydrogens is 122 g/mol. The predicted molar refractivity (Wildman–Crippen MR) is 42.9 cm³/mol. The van der Waals surface area contributed by atoms with E-state index in [0.717, 1.165) is 17.9 Å². The molecule has 2 rings (SSSR count). The third-order valence-electron chi connectivity index (χ3n) is 2.96. The summed E-state index contributed by atoms with van der Waals surface area (Å²) < 4.78 is 0. The second kappa shape index (κ2) is 2.54. The minimum atomic E-state index is 0.900. The maximum atomic E-state index is 3.52. The molecule has 0 radical (unpaired) electrons. The van der Waals surface area contributed by atoms with E-state index in [0.29, 0.717) is 0 Å². The quantitative estimate of drug-likeness (QED) is 0.628. The van der Waals surface area contributed by atoms with Crippen molar-refractivity contribution in [2.45, 2.75) is 38.6 Å². The van der Waals surface area contributed by atoms with Gasteiger partial charge in [0.2, 0.25) is 0 Å². The van der Waals surface area contributed by atoms with Crippen LogP contribution in [0.1, 0.15) is 32.6 Å². The molecule has 2 aliphatic rings. The van der Waals surface area contributed by atoms with Crippen LogP contribution in [0.25, 0.3) is 0 Å². The fourth-order valence-corrected chi connectivity index (χ4v) is 2.07. The fraction of sp³-hybridized carbons (Fsp3) is 1.00. The molecule has 2 unspecified atom stereocenters. The molecule has 2 fully saturated rings. The smallest absolute Gasteiger partial charge is 0.0110 e. The van der Waals surface area contributed by atoms with Crippen molar-refractivity contribution in [2.75, 3.05) is 6.54 Å². The van der Waals surface area contributed by atoms with E-state index < -0.39 is 0 Å². The van der Waals surface area contributed by atoms with Crippen molar-refractivity contribution >= 4 is 0 Å². The van der Waals surface area contributed by atoms with Crippen molar-refractivity contribution in [3.05, 3.63) is 0 Å². The molecule has 1 N–H and O–H groups in total. The van der Waals surface area contributed by atoms with Gasteiger partial charge in [-0.3, -0.25) is 0 Å². The zero-order chi connectivity index (χ0) is 6.97. The molecule has 1 heterocycles. The standard InChI is InChI=1S/C9H17N/c1-2-3-9-8(6-10-9)7-4-5-7/h7-10H,2-6H2,1H3. The Labute approximate surface area is 63.2 Å². The van der Waals surface area contributed by atoms with Crippen molar-refractivity contribution in [3.63, 3.8) is 0 Å². The first-order valence-electron chi connectivity index (χ1n) is 4.65. The van der Waals surface area contributed by atoms with E-state index in [-0.39, 0.29) is 0 Å². The first-order valence-corrected chi connectivity index (χ1v) is 4.65. The van der Waals surface area contributed by atoms with Crippen molar-refractivity contribution < 1.29 is 0 Å². The molecule has 2 atom stereocenters. The Bertz CT molecular complexity index is 118. The first kappa shape index (κ1) is 6.66. The van der Waals surface area contributed by atoms with Crippen molar-refractivity contribution in [1.29, 1.82) is 0 Å². The van der Waals surface area contributed by atoms with Gasteiger partial charge in [-0.25, -0.2) is 0 Å². The number of hydrogen-bond donors (Lipinski definition) is 1. The second-order valence-electron chi connectivity index (χ2n) is 3.80. The highest BCUT2D eigenvalue weighted by Crippen LogP contribution is 2.42. The molecular formula is C9H17N. The normalized spacial score (nSPS) is 39.3. The van der Waals surface area contributed by atoms with Gasteiger partial charge in [0.05, 0.1) is 0 Å². The maximum absolute atomic E-state index is 3.52. The van der Waals surface area contributed by atoms with Gasteiger partial charge in [0.1, 0.15) is 0 Å². The minimum Gasteiger partial charge on any atom is -0.313 e. The molecule has 0 aromatic heterocycles. The topological polar surface area (TPSA) is 12.0 Å². The Balaban J connectivity index is 1.76. The van der Waals surface area contributed by atoms with Crippen LogP contribution >= 0.6 is 0 Å². The highest BCUT2D eigenvalue weighted by Gasteiger charge is 2.40. The predicted octanol–water partition coefficient (Wildman–Crippen LogP) is 1.78. The summed E-state index contributed by atoms with van der Waals surface area (Å²) in [6, 6.07) is 0.900. The van der Waals surface area contributed by atoms with E-state index in [1.807, 2.05) is 0 Å². The van der Waals surface area contributed by atoms with E-state index in [2.05, 4.69) is 12.2 Å². The zero-order valence-corrected chi connectivity index (χ0v) is 6.77. The lowest BCUT2D eigenvalue weighted by Gasteiger charge is -2.38. The maximum Gasteiger partial charge on any atom is 0.0110 e. The van der Waals surface area contributed by atoms with Crippen LogP contribution in [-0.2, 0) is 0 Å². The second-order valence-corrected chi connectivity index (χ2v) is 3.80. The molecule has 1 heteroatoms. The van der Waals surface area contributed by atoms with Gasteiger partial charge in [-0.05, 0) is 37.6 Å². The largest absolute Gasteiger partial charge is 0.313 e. The van der Waals surface area contributed by atoms with Gasteiger partial charge in [0.15, 0.2) is 0 Å². The fourth-order valence-electron chi connectivity index (χ4n) is 2.07.